The number of methoxy groups -OCH3 is 1. The maximum atomic E-state index is 13.7. The molecule has 1 aliphatic heterocycles. The maximum Gasteiger partial charge on any atom is 0.394 e. The quantitative estimate of drug-likeness (QED) is 0.101. The highest BCUT2D eigenvalue weighted by atomic mass is 19.4. The van der Waals surface area contributed by atoms with Gasteiger partial charge >= 0.3 is 6.18 Å². The zero-order valence-electron chi connectivity index (χ0n) is 26.0. The Morgan fingerprint density at radius 1 is 1.27 bits per heavy atom. The molecule has 1 aromatic heterocycles. The van der Waals surface area contributed by atoms with Gasteiger partial charge in [-0.1, -0.05) is 25.6 Å². The fourth-order valence-corrected chi connectivity index (χ4v) is 4.74. The number of allylic oxidation sites excluding steroid dienone is 1. The van der Waals surface area contributed by atoms with E-state index in [2.05, 4.69) is 17.0 Å². The van der Waals surface area contributed by atoms with Crippen molar-refractivity contribution in [3.8, 4) is 0 Å². The normalized spacial score (nSPS) is 17.4. The number of nitrogens with two attached hydrogens (primary N) is 2. The van der Waals surface area contributed by atoms with Gasteiger partial charge in [-0.2, -0.15) is 18.3 Å². The van der Waals surface area contributed by atoms with E-state index in [0.717, 1.165) is 18.7 Å². The third-order valence-electron chi connectivity index (χ3n) is 7.72. The summed E-state index contributed by atoms with van der Waals surface area (Å²) >= 11 is 0. The van der Waals surface area contributed by atoms with Gasteiger partial charge in [0.15, 0.2) is 0 Å². The monoisotopic (exact) mass is 637 g/mol. The summed E-state index contributed by atoms with van der Waals surface area (Å²) in [4.78, 5) is 15.2. The largest absolute Gasteiger partial charge is 0.494 e. The van der Waals surface area contributed by atoms with E-state index >= 15 is 0 Å². The first-order chi connectivity index (χ1) is 21.0. The molecule has 0 radical (unpaired) electrons. The molecule has 1 fully saturated rings. The molecule has 3 rings (SSSR count). The van der Waals surface area contributed by atoms with Crippen LogP contribution in [0.2, 0.25) is 0 Å². The Bertz CT molecular complexity index is 1480. The van der Waals surface area contributed by atoms with Crippen LogP contribution in [0.5, 0.6) is 0 Å². The molecule has 0 saturated carbocycles. The molecule has 2 aromatic rings. The molecule has 2 heterocycles. The van der Waals surface area contributed by atoms with Gasteiger partial charge in [-0.25, -0.2) is 14.6 Å². The zero-order valence-corrected chi connectivity index (χ0v) is 26.0. The Labute approximate surface area is 259 Å². The van der Waals surface area contributed by atoms with Gasteiger partial charge in [-0.15, -0.1) is 0 Å². The van der Waals surface area contributed by atoms with Crippen molar-refractivity contribution in [1.29, 1.82) is 0 Å². The summed E-state index contributed by atoms with van der Waals surface area (Å²) in [7, 11) is 3.02. The molecule has 1 aliphatic rings. The van der Waals surface area contributed by atoms with Gasteiger partial charge in [0, 0.05) is 68.1 Å². The van der Waals surface area contributed by atoms with Gasteiger partial charge in [-0.05, 0) is 37.6 Å². The molecule has 14 heteroatoms. The molecule has 0 bridgehead atoms. The predicted molar refractivity (Wildman–Crippen MR) is 164 cm³/mol. The molecule has 1 saturated heterocycles. The fraction of sp³-hybridized carbons (Fsp3) is 0.419. The number of ether oxygens (including phenoxy) is 1. The molecule has 0 spiro atoms. The number of benzene rings is 1. The number of nitrogens with one attached hydrogen (secondary N) is 1. The van der Waals surface area contributed by atoms with E-state index in [1.807, 2.05) is 6.92 Å². The van der Waals surface area contributed by atoms with Crippen LogP contribution in [0.1, 0.15) is 46.9 Å². The Morgan fingerprint density at radius 2 is 1.91 bits per heavy atom. The number of amides is 1. The lowest BCUT2D eigenvalue weighted by Gasteiger charge is -2.32. The van der Waals surface area contributed by atoms with Crippen LogP contribution < -0.4 is 21.9 Å². The van der Waals surface area contributed by atoms with E-state index in [-0.39, 0.29) is 49.5 Å². The summed E-state index contributed by atoms with van der Waals surface area (Å²) in [6.45, 7) is 8.54. The minimum atomic E-state index is -4.61. The van der Waals surface area contributed by atoms with Crippen molar-refractivity contribution in [3.63, 3.8) is 0 Å². The van der Waals surface area contributed by atoms with Crippen molar-refractivity contribution >= 4 is 17.3 Å². The number of halogens is 5. The van der Waals surface area contributed by atoms with E-state index < -0.39 is 23.9 Å². The topological polar surface area (TPSA) is 115 Å². The second-order valence-corrected chi connectivity index (χ2v) is 11.0. The number of aromatic nitrogens is 2. The summed E-state index contributed by atoms with van der Waals surface area (Å²) in [5.74, 6) is 0.761. The first-order valence-corrected chi connectivity index (χ1v) is 14.2. The van der Waals surface area contributed by atoms with E-state index in [9.17, 15) is 26.7 Å². The average Bonchev–Trinajstić information content (AvgIpc) is 3.30. The van der Waals surface area contributed by atoms with Gasteiger partial charge in [0.1, 0.15) is 5.76 Å². The Morgan fingerprint density at radius 3 is 2.44 bits per heavy atom. The summed E-state index contributed by atoms with van der Waals surface area (Å²) in [6.07, 6.45) is -0.0156. The van der Waals surface area contributed by atoms with Crippen molar-refractivity contribution in [1.82, 2.24) is 20.0 Å². The summed E-state index contributed by atoms with van der Waals surface area (Å²) in [5, 5.41) is 7.97. The first kappa shape index (κ1) is 35.3. The van der Waals surface area contributed by atoms with Gasteiger partial charge in [0.05, 0.1) is 36.3 Å². The minimum Gasteiger partial charge on any atom is -0.494 e. The molecule has 9 nitrogen and oxygen atoms in total. The molecule has 1 unspecified atom stereocenters. The van der Waals surface area contributed by atoms with Gasteiger partial charge in [-0.3, -0.25) is 19.4 Å². The molecule has 45 heavy (non-hydrogen) atoms. The summed E-state index contributed by atoms with van der Waals surface area (Å²) in [6, 6.07) is 4.62. The van der Waals surface area contributed by atoms with Crippen LogP contribution in [0.3, 0.4) is 0 Å². The lowest BCUT2D eigenvalue weighted by atomic mass is 10.0. The van der Waals surface area contributed by atoms with Crippen LogP contribution in [0.25, 0.3) is 5.70 Å². The lowest BCUT2D eigenvalue weighted by Crippen LogP contribution is -2.40. The number of aryl methyl sites for hydroxylation is 2. The molecule has 5 N–H and O–H groups in total. The predicted octanol–water partition coefficient (Wildman–Crippen LogP) is 5.30. The second kappa shape index (κ2) is 14.3. The Hall–Kier alpha value is -4.17. The third kappa shape index (κ3) is 8.94. The number of rotatable bonds is 11. The number of hydrogen-bond donors (Lipinski definition) is 3. The van der Waals surface area contributed by atoms with Crippen LogP contribution in [0, 0.1) is 19.8 Å². The number of piperidine rings is 1. The average molecular weight is 638 g/mol. The summed E-state index contributed by atoms with van der Waals surface area (Å²) in [5.41, 5.74) is 9.35. The molecule has 1 atom stereocenters. The van der Waals surface area contributed by atoms with Gasteiger partial charge < -0.3 is 15.8 Å². The van der Waals surface area contributed by atoms with E-state index in [4.69, 9.17) is 16.3 Å². The minimum absolute atomic E-state index is 0.0675. The third-order valence-corrected chi connectivity index (χ3v) is 7.72. The number of nitrogens with zero attached hydrogens (tertiary/aromatic N) is 4. The molecular weight excluding hydrogens is 597 g/mol. The SMILES string of the molecule is C=C/C(CN1CCC(F)(F)CC1)=C(OC)\C(=C/C(C)C(F)(F)F)NC(=O)c1ccc(C)c(N(N)/C=C(\N)c2cnn(C)c2C)c1. The van der Waals surface area contributed by atoms with Crippen LogP contribution in [-0.2, 0) is 11.8 Å². The molecule has 1 aromatic carbocycles. The van der Waals surface area contributed by atoms with Crippen molar-refractivity contribution in [3.05, 3.63) is 88.7 Å². The van der Waals surface area contributed by atoms with E-state index in [0.29, 0.717) is 28.1 Å². The maximum absolute atomic E-state index is 13.7. The molecule has 0 aliphatic carbocycles. The summed E-state index contributed by atoms with van der Waals surface area (Å²) < 4.78 is 75.5. The number of anilines is 1. The van der Waals surface area contributed by atoms with Crippen LogP contribution >= 0.6 is 0 Å². The van der Waals surface area contributed by atoms with Crippen molar-refractivity contribution < 1.29 is 31.5 Å². The smallest absolute Gasteiger partial charge is 0.394 e. The highest BCUT2D eigenvalue weighted by molar-refractivity contribution is 5.97. The van der Waals surface area contributed by atoms with Crippen LogP contribution in [0.4, 0.5) is 27.6 Å². The molecular formula is C31H40F5N7O2. The zero-order chi connectivity index (χ0) is 33.7. The molecule has 246 valence electrons. The second-order valence-electron chi connectivity index (χ2n) is 11.0. The van der Waals surface area contributed by atoms with Crippen molar-refractivity contribution in [2.45, 2.75) is 45.7 Å². The van der Waals surface area contributed by atoms with E-state index in [1.165, 1.54) is 36.5 Å². The first-order valence-electron chi connectivity index (χ1n) is 14.2. The number of hydrogen-bond acceptors (Lipinski definition) is 7. The lowest BCUT2D eigenvalue weighted by molar-refractivity contribution is -0.156. The van der Waals surface area contributed by atoms with Crippen molar-refractivity contribution in [2.24, 2.45) is 24.5 Å². The van der Waals surface area contributed by atoms with Gasteiger partial charge in [0.2, 0.25) is 0 Å². The standard InChI is InChI=1S/C31H40F5N7O2/c1-7-22(17-42-12-10-30(32,33)11-13-42)28(45-6)26(14-20(3)31(34,35)36)40-29(44)23-9-8-19(2)27(15-23)43(38)18-25(37)24-16-39-41(5)21(24)4/h7-9,14-16,18,20H,1,10-13,17,37-38H2,2-6H3,(H,40,44)/b25-18-,26-14+,28-22-. The van der Waals surface area contributed by atoms with Crippen LogP contribution in [-0.4, -0.2) is 59.4 Å². The Kier molecular flexibility index (Phi) is 11.2. The highest BCUT2D eigenvalue weighted by Crippen LogP contribution is 2.31. The Balaban J connectivity index is 1.96. The fourth-order valence-electron chi connectivity index (χ4n) is 4.74. The van der Waals surface area contributed by atoms with E-state index in [1.54, 1.807) is 35.8 Å². The number of likely N-dealkylation sites (tertiary alicyclic amines) is 1. The number of hydrazine groups is 1. The highest BCUT2D eigenvalue weighted by Gasteiger charge is 2.36. The van der Waals surface area contributed by atoms with Crippen molar-refractivity contribution in [2.75, 3.05) is 31.8 Å². The molecule has 1 amide bonds. The number of carbonyl (C=O) groups is 1. The number of alkyl halides is 5. The van der Waals surface area contributed by atoms with Gasteiger partial charge in [0.25, 0.3) is 11.8 Å². The number of carbonyl (C=O) groups excluding carboxylic acids is 1. The van der Waals surface area contributed by atoms with Crippen LogP contribution in [0.15, 0.2) is 66.4 Å².